The Bertz CT molecular complexity index is 315. The molecular weight excluding hydrogens is 210 g/mol. The first-order chi connectivity index (χ1) is 6.56. The van der Waals surface area contributed by atoms with Crippen molar-refractivity contribution in [2.75, 3.05) is 7.11 Å². The molecule has 0 heterocycles. The van der Waals surface area contributed by atoms with Gasteiger partial charge < -0.3 is 4.74 Å². The molecule has 0 amide bonds. The normalized spacial score (nSPS) is 13.0. The van der Waals surface area contributed by atoms with E-state index in [-0.39, 0.29) is 0 Å². The first kappa shape index (κ1) is 11.2. The molecule has 0 radical (unpaired) electrons. The summed E-state index contributed by atoms with van der Waals surface area (Å²) in [6, 6.07) is 4.81. The van der Waals surface area contributed by atoms with Crippen molar-refractivity contribution in [3.05, 3.63) is 29.3 Å². The average molecular weight is 221 g/mol. The summed E-state index contributed by atoms with van der Waals surface area (Å²) in [5.41, 5.74) is 1.22. The highest BCUT2D eigenvalue weighted by Crippen LogP contribution is 2.30. The summed E-state index contributed by atoms with van der Waals surface area (Å²) < 4.78 is 29.5. The first-order valence-corrected chi connectivity index (χ1v) is 4.56. The largest absolute Gasteiger partial charge is 0.496 e. The van der Waals surface area contributed by atoms with Gasteiger partial charge in [-0.25, -0.2) is 8.78 Å². The van der Waals surface area contributed by atoms with Crippen LogP contribution >= 0.6 is 11.6 Å². The molecule has 0 aliphatic heterocycles. The molecular formula is C10H11ClF2O. The lowest BCUT2D eigenvalue weighted by molar-refractivity contribution is 0.143. The second kappa shape index (κ2) is 4.60. The molecule has 0 aliphatic rings. The summed E-state index contributed by atoms with van der Waals surface area (Å²) >= 11 is 5.52. The van der Waals surface area contributed by atoms with Gasteiger partial charge in [0.25, 0.3) is 6.43 Å². The fraction of sp³-hybridized carbons (Fsp3) is 0.400. The van der Waals surface area contributed by atoms with E-state index in [1.54, 1.807) is 25.1 Å². The molecule has 78 valence electrons. The van der Waals surface area contributed by atoms with Gasteiger partial charge in [0.05, 0.1) is 7.11 Å². The second-order valence-corrected chi connectivity index (χ2v) is 3.44. The summed E-state index contributed by atoms with van der Waals surface area (Å²) in [7, 11) is 1.54. The first-order valence-electron chi connectivity index (χ1n) is 4.13. The lowest BCUT2D eigenvalue weighted by atomic mass is 10.1. The van der Waals surface area contributed by atoms with Crippen LogP contribution in [0.4, 0.5) is 8.78 Å². The summed E-state index contributed by atoms with van der Waals surface area (Å²) in [6.07, 6.45) is -2.55. The van der Waals surface area contributed by atoms with Gasteiger partial charge in [0.2, 0.25) is 0 Å². The van der Waals surface area contributed by atoms with Gasteiger partial charge >= 0.3 is 0 Å². The van der Waals surface area contributed by atoms with Crippen LogP contribution in [0.2, 0.25) is 0 Å². The van der Waals surface area contributed by atoms with Crippen molar-refractivity contribution in [3.63, 3.8) is 0 Å². The highest BCUT2D eigenvalue weighted by Gasteiger charge is 2.19. The number of aryl methyl sites for hydroxylation is 1. The van der Waals surface area contributed by atoms with Gasteiger partial charge in [0, 0.05) is 0 Å². The standard InChI is InChI=1S/C10H11ClF2O/c1-6-5-7(9(11)10(12)13)3-4-8(6)14-2/h3-5,9-10H,1-2H3. The second-order valence-electron chi connectivity index (χ2n) is 2.97. The predicted molar refractivity (Wildman–Crippen MR) is 52.3 cm³/mol. The zero-order chi connectivity index (χ0) is 10.7. The number of alkyl halides is 3. The van der Waals surface area contributed by atoms with Crippen LogP contribution in [0.25, 0.3) is 0 Å². The summed E-state index contributed by atoms with van der Waals surface area (Å²) in [6.45, 7) is 1.79. The van der Waals surface area contributed by atoms with E-state index in [1.807, 2.05) is 0 Å². The van der Waals surface area contributed by atoms with E-state index in [4.69, 9.17) is 16.3 Å². The Morgan fingerprint density at radius 1 is 1.36 bits per heavy atom. The Kier molecular flexibility index (Phi) is 3.69. The zero-order valence-corrected chi connectivity index (χ0v) is 8.68. The van der Waals surface area contributed by atoms with Crippen molar-refractivity contribution < 1.29 is 13.5 Å². The van der Waals surface area contributed by atoms with E-state index in [9.17, 15) is 8.78 Å². The van der Waals surface area contributed by atoms with Crippen molar-refractivity contribution in [3.8, 4) is 5.75 Å². The van der Waals surface area contributed by atoms with Gasteiger partial charge in [0.1, 0.15) is 11.1 Å². The predicted octanol–water partition coefficient (Wildman–Crippen LogP) is 3.55. The van der Waals surface area contributed by atoms with E-state index >= 15 is 0 Å². The maximum Gasteiger partial charge on any atom is 0.258 e. The third kappa shape index (κ3) is 2.35. The molecule has 4 heteroatoms. The Balaban J connectivity index is 2.96. The summed E-state index contributed by atoms with van der Waals surface area (Å²) in [5, 5.41) is -1.25. The van der Waals surface area contributed by atoms with Crippen LogP contribution in [-0.4, -0.2) is 13.5 Å². The summed E-state index contributed by atoms with van der Waals surface area (Å²) in [4.78, 5) is 0. The Morgan fingerprint density at radius 2 is 2.00 bits per heavy atom. The van der Waals surface area contributed by atoms with Gasteiger partial charge in [0.15, 0.2) is 0 Å². The van der Waals surface area contributed by atoms with E-state index in [0.29, 0.717) is 11.3 Å². The SMILES string of the molecule is COc1ccc(C(Cl)C(F)F)cc1C. The molecule has 0 fully saturated rings. The van der Waals surface area contributed by atoms with E-state index < -0.39 is 11.8 Å². The third-order valence-electron chi connectivity index (χ3n) is 1.96. The van der Waals surface area contributed by atoms with Crippen LogP contribution in [0.3, 0.4) is 0 Å². The minimum atomic E-state index is -2.55. The molecule has 1 rings (SSSR count). The molecule has 1 aromatic rings. The van der Waals surface area contributed by atoms with Crippen molar-refractivity contribution >= 4 is 11.6 Å². The Hall–Kier alpha value is -0.830. The van der Waals surface area contributed by atoms with Crippen molar-refractivity contribution in [2.24, 2.45) is 0 Å². The minimum absolute atomic E-state index is 0.417. The molecule has 0 saturated carbocycles. The number of halogens is 3. The molecule has 0 bridgehead atoms. The van der Waals surface area contributed by atoms with Gasteiger partial charge in [-0.1, -0.05) is 12.1 Å². The lowest BCUT2D eigenvalue weighted by Gasteiger charge is -2.11. The van der Waals surface area contributed by atoms with Crippen molar-refractivity contribution in [2.45, 2.75) is 18.7 Å². The number of methoxy groups -OCH3 is 1. The Morgan fingerprint density at radius 3 is 2.43 bits per heavy atom. The molecule has 1 nitrogen and oxygen atoms in total. The zero-order valence-electron chi connectivity index (χ0n) is 7.93. The highest BCUT2D eigenvalue weighted by atomic mass is 35.5. The van der Waals surface area contributed by atoms with E-state index in [2.05, 4.69) is 0 Å². The van der Waals surface area contributed by atoms with Crippen LogP contribution in [-0.2, 0) is 0 Å². The van der Waals surface area contributed by atoms with E-state index in [1.165, 1.54) is 7.11 Å². The maximum absolute atomic E-state index is 12.3. The quantitative estimate of drug-likeness (QED) is 0.708. The molecule has 0 aliphatic carbocycles. The van der Waals surface area contributed by atoms with Gasteiger partial charge in [-0.2, -0.15) is 0 Å². The molecule has 0 aromatic heterocycles. The fourth-order valence-electron chi connectivity index (χ4n) is 1.22. The van der Waals surface area contributed by atoms with Crippen LogP contribution < -0.4 is 4.74 Å². The number of rotatable bonds is 3. The third-order valence-corrected chi connectivity index (χ3v) is 2.40. The average Bonchev–Trinajstić information content (AvgIpc) is 2.16. The van der Waals surface area contributed by atoms with Gasteiger partial charge in [-0.05, 0) is 24.1 Å². The van der Waals surface area contributed by atoms with Crippen LogP contribution in [0, 0.1) is 6.92 Å². The van der Waals surface area contributed by atoms with E-state index in [0.717, 1.165) is 5.56 Å². The van der Waals surface area contributed by atoms with Gasteiger partial charge in [-0.15, -0.1) is 11.6 Å². The lowest BCUT2D eigenvalue weighted by Crippen LogP contribution is -2.02. The molecule has 1 atom stereocenters. The van der Waals surface area contributed by atoms with Crippen molar-refractivity contribution in [1.29, 1.82) is 0 Å². The number of ether oxygens (including phenoxy) is 1. The van der Waals surface area contributed by atoms with Crippen molar-refractivity contribution in [1.82, 2.24) is 0 Å². The number of hydrogen-bond acceptors (Lipinski definition) is 1. The fourth-order valence-corrected chi connectivity index (χ4v) is 1.35. The summed E-state index contributed by atoms with van der Waals surface area (Å²) in [5.74, 6) is 0.673. The molecule has 1 aromatic carbocycles. The topological polar surface area (TPSA) is 9.23 Å². The molecule has 0 spiro atoms. The monoisotopic (exact) mass is 220 g/mol. The Labute approximate surface area is 86.6 Å². The molecule has 0 N–H and O–H groups in total. The minimum Gasteiger partial charge on any atom is -0.496 e. The van der Waals surface area contributed by atoms with Crippen LogP contribution in [0.5, 0.6) is 5.75 Å². The van der Waals surface area contributed by atoms with Crippen LogP contribution in [0.15, 0.2) is 18.2 Å². The van der Waals surface area contributed by atoms with Crippen LogP contribution in [0.1, 0.15) is 16.5 Å². The van der Waals surface area contributed by atoms with Gasteiger partial charge in [-0.3, -0.25) is 0 Å². The maximum atomic E-state index is 12.3. The highest BCUT2D eigenvalue weighted by molar-refractivity contribution is 6.21. The molecule has 1 unspecified atom stereocenters. The number of hydrogen-bond donors (Lipinski definition) is 0. The molecule has 0 saturated heterocycles. The molecule has 14 heavy (non-hydrogen) atoms. The smallest absolute Gasteiger partial charge is 0.258 e. The number of benzene rings is 1.